The van der Waals surface area contributed by atoms with Gasteiger partial charge in [0.15, 0.2) is 5.82 Å². The largest absolute Gasteiger partial charge is 0.260 e. The second-order valence-corrected chi connectivity index (χ2v) is 2.48. The fourth-order valence-electron chi connectivity index (χ4n) is 0.910. The molecule has 0 bridgehead atoms. The third-order valence-electron chi connectivity index (χ3n) is 1.52. The van der Waals surface area contributed by atoms with E-state index in [1.54, 1.807) is 12.3 Å². The van der Waals surface area contributed by atoms with Gasteiger partial charge in [0.1, 0.15) is 0 Å². The minimum absolute atomic E-state index is 0.656. The van der Waals surface area contributed by atoms with Gasteiger partial charge in [-0.1, -0.05) is 18.2 Å². The van der Waals surface area contributed by atoms with E-state index in [2.05, 4.69) is 20.4 Å². The van der Waals surface area contributed by atoms with Crippen molar-refractivity contribution in [3.05, 3.63) is 42.6 Å². The standard InChI is InChI=1S/C9H8N4/c1-2-4-8(5-3-1)11-13-9-6-7-10-12-9/h1-7H,(H,10,12). The predicted molar refractivity (Wildman–Crippen MR) is 49.2 cm³/mol. The molecular weight excluding hydrogens is 164 g/mol. The molecule has 2 rings (SSSR count). The molecule has 0 amide bonds. The molecule has 1 aromatic heterocycles. The number of azo groups is 1. The first kappa shape index (κ1) is 7.67. The predicted octanol–water partition coefficient (Wildman–Crippen LogP) is 2.83. The highest BCUT2D eigenvalue weighted by Gasteiger charge is 1.88. The zero-order chi connectivity index (χ0) is 8.93. The Morgan fingerprint density at radius 1 is 1.00 bits per heavy atom. The quantitative estimate of drug-likeness (QED) is 0.695. The third-order valence-corrected chi connectivity index (χ3v) is 1.52. The van der Waals surface area contributed by atoms with Gasteiger partial charge in [-0.05, 0) is 12.1 Å². The molecule has 0 aliphatic heterocycles. The van der Waals surface area contributed by atoms with E-state index in [0.717, 1.165) is 5.69 Å². The van der Waals surface area contributed by atoms with Crippen molar-refractivity contribution in [2.24, 2.45) is 10.2 Å². The molecule has 1 heterocycles. The molecule has 0 saturated carbocycles. The Hall–Kier alpha value is -1.97. The Bertz CT molecular complexity index is 377. The first-order valence-electron chi connectivity index (χ1n) is 3.91. The summed E-state index contributed by atoms with van der Waals surface area (Å²) in [6.45, 7) is 0. The first-order valence-corrected chi connectivity index (χ1v) is 3.91. The Labute approximate surface area is 75.3 Å². The highest BCUT2D eigenvalue weighted by Crippen LogP contribution is 2.14. The van der Waals surface area contributed by atoms with Crippen LogP contribution in [0, 0.1) is 0 Å². The van der Waals surface area contributed by atoms with Crippen molar-refractivity contribution < 1.29 is 0 Å². The second kappa shape index (κ2) is 3.62. The van der Waals surface area contributed by atoms with Crippen LogP contribution in [-0.2, 0) is 0 Å². The van der Waals surface area contributed by atoms with Gasteiger partial charge in [0.25, 0.3) is 0 Å². The number of nitrogens with one attached hydrogen (secondary N) is 1. The molecule has 4 nitrogen and oxygen atoms in total. The van der Waals surface area contributed by atoms with Gasteiger partial charge in [0.2, 0.25) is 0 Å². The van der Waals surface area contributed by atoms with Crippen LogP contribution in [0.3, 0.4) is 0 Å². The van der Waals surface area contributed by atoms with Crippen LogP contribution in [0.4, 0.5) is 11.5 Å². The fraction of sp³-hybridized carbons (Fsp3) is 0. The van der Waals surface area contributed by atoms with Crippen LogP contribution in [0.5, 0.6) is 0 Å². The molecule has 0 atom stereocenters. The third kappa shape index (κ3) is 1.99. The average Bonchev–Trinajstić information content (AvgIpc) is 2.69. The Balaban J connectivity index is 2.15. The van der Waals surface area contributed by atoms with E-state index < -0.39 is 0 Å². The van der Waals surface area contributed by atoms with Crippen molar-refractivity contribution in [2.75, 3.05) is 0 Å². The van der Waals surface area contributed by atoms with Gasteiger partial charge in [-0.25, -0.2) is 0 Å². The maximum Gasteiger partial charge on any atom is 0.170 e. The van der Waals surface area contributed by atoms with Crippen LogP contribution in [0.15, 0.2) is 52.8 Å². The molecular formula is C9H8N4. The maximum absolute atomic E-state index is 4.00. The van der Waals surface area contributed by atoms with Gasteiger partial charge in [0.05, 0.1) is 11.9 Å². The number of benzene rings is 1. The van der Waals surface area contributed by atoms with E-state index in [9.17, 15) is 0 Å². The summed E-state index contributed by atoms with van der Waals surface area (Å²) in [7, 11) is 0. The van der Waals surface area contributed by atoms with Crippen LogP contribution in [0.1, 0.15) is 0 Å². The van der Waals surface area contributed by atoms with Crippen LogP contribution < -0.4 is 0 Å². The highest BCUT2D eigenvalue weighted by atomic mass is 15.2. The highest BCUT2D eigenvalue weighted by molar-refractivity contribution is 5.36. The van der Waals surface area contributed by atoms with Crippen molar-refractivity contribution in [1.29, 1.82) is 0 Å². The lowest BCUT2D eigenvalue weighted by molar-refractivity contribution is 1.05. The topological polar surface area (TPSA) is 53.4 Å². The normalized spacial score (nSPS) is 10.8. The molecule has 1 N–H and O–H groups in total. The summed E-state index contributed by atoms with van der Waals surface area (Å²) in [5.74, 6) is 0.656. The number of hydrogen-bond donors (Lipinski definition) is 1. The van der Waals surface area contributed by atoms with Gasteiger partial charge in [0, 0.05) is 6.07 Å². The lowest BCUT2D eigenvalue weighted by Crippen LogP contribution is -1.63. The Morgan fingerprint density at radius 2 is 1.85 bits per heavy atom. The van der Waals surface area contributed by atoms with E-state index >= 15 is 0 Å². The zero-order valence-corrected chi connectivity index (χ0v) is 6.88. The molecule has 0 aliphatic rings. The van der Waals surface area contributed by atoms with Crippen molar-refractivity contribution in [3.63, 3.8) is 0 Å². The summed E-state index contributed by atoms with van der Waals surface area (Å²) >= 11 is 0. The van der Waals surface area contributed by atoms with E-state index in [1.165, 1.54) is 0 Å². The van der Waals surface area contributed by atoms with Gasteiger partial charge in [-0.3, -0.25) is 5.10 Å². The molecule has 2 aromatic rings. The summed E-state index contributed by atoms with van der Waals surface area (Å²) in [6, 6.07) is 11.3. The SMILES string of the molecule is c1ccc(N=Nc2ccn[nH]2)cc1. The number of nitrogens with zero attached hydrogens (tertiary/aromatic N) is 3. The van der Waals surface area contributed by atoms with Gasteiger partial charge in [-0.15, -0.1) is 10.2 Å². The van der Waals surface area contributed by atoms with Crippen LogP contribution in [-0.4, -0.2) is 10.2 Å². The van der Waals surface area contributed by atoms with Crippen molar-refractivity contribution >= 4 is 11.5 Å². The number of rotatable bonds is 2. The molecule has 64 valence electrons. The number of aromatic amines is 1. The molecule has 13 heavy (non-hydrogen) atoms. The summed E-state index contributed by atoms with van der Waals surface area (Å²) in [5, 5.41) is 14.4. The Kier molecular flexibility index (Phi) is 2.14. The van der Waals surface area contributed by atoms with Gasteiger partial charge >= 0.3 is 0 Å². The van der Waals surface area contributed by atoms with Gasteiger partial charge in [-0.2, -0.15) is 5.10 Å². The maximum atomic E-state index is 4.00. The van der Waals surface area contributed by atoms with E-state index in [4.69, 9.17) is 0 Å². The number of H-pyrrole nitrogens is 1. The van der Waals surface area contributed by atoms with Crippen LogP contribution in [0.25, 0.3) is 0 Å². The molecule has 0 saturated heterocycles. The van der Waals surface area contributed by atoms with Crippen molar-refractivity contribution in [1.82, 2.24) is 10.2 Å². The molecule has 0 radical (unpaired) electrons. The summed E-state index contributed by atoms with van der Waals surface area (Å²) < 4.78 is 0. The average molecular weight is 172 g/mol. The van der Waals surface area contributed by atoms with E-state index in [1.807, 2.05) is 30.3 Å². The van der Waals surface area contributed by atoms with Crippen molar-refractivity contribution in [2.45, 2.75) is 0 Å². The van der Waals surface area contributed by atoms with E-state index in [0.29, 0.717) is 5.82 Å². The second-order valence-electron chi connectivity index (χ2n) is 2.48. The fourth-order valence-corrected chi connectivity index (χ4v) is 0.910. The summed E-state index contributed by atoms with van der Waals surface area (Å²) in [4.78, 5) is 0. The number of aromatic nitrogens is 2. The van der Waals surface area contributed by atoms with Gasteiger partial charge < -0.3 is 0 Å². The summed E-state index contributed by atoms with van der Waals surface area (Å²) in [5.41, 5.74) is 0.831. The molecule has 1 aromatic carbocycles. The smallest absolute Gasteiger partial charge is 0.170 e. The molecule has 0 fully saturated rings. The van der Waals surface area contributed by atoms with Crippen molar-refractivity contribution in [3.8, 4) is 0 Å². The molecule has 0 unspecified atom stereocenters. The molecule has 4 heteroatoms. The zero-order valence-electron chi connectivity index (χ0n) is 6.88. The lowest BCUT2D eigenvalue weighted by Gasteiger charge is -1.87. The van der Waals surface area contributed by atoms with E-state index in [-0.39, 0.29) is 0 Å². The molecule has 0 spiro atoms. The first-order chi connectivity index (χ1) is 6.45. The van der Waals surface area contributed by atoms with Crippen LogP contribution in [0.2, 0.25) is 0 Å². The minimum atomic E-state index is 0.656. The lowest BCUT2D eigenvalue weighted by atomic mass is 10.3. The van der Waals surface area contributed by atoms with Crippen LogP contribution >= 0.6 is 0 Å². The molecule has 0 aliphatic carbocycles. The summed E-state index contributed by atoms with van der Waals surface area (Å²) in [6.07, 6.45) is 1.64. The monoisotopic (exact) mass is 172 g/mol. The number of hydrogen-bond acceptors (Lipinski definition) is 3. The Morgan fingerprint density at radius 3 is 2.54 bits per heavy atom. The minimum Gasteiger partial charge on any atom is -0.260 e.